The van der Waals surface area contributed by atoms with Gasteiger partial charge in [-0.3, -0.25) is 19.2 Å². The lowest BCUT2D eigenvalue weighted by Crippen LogP contribution is -2.46. The summed E-state index contributed by atoms with van der Waals surface area (Å²) >= 11 is 0. The smallest absolute Gasteiger partial charge is 0.269 e. The van der Waals surface area contributed by atoms with Gasteiger partial charge in [-0.25, -0.2) is 0 Å². The van der Waals surface area contributed by atoms with Crippen LogP contribution < -0.4 is 14.5 Å². The predicted molar refractivity (Wildman–Crippen MR) is 187 cm³/mol. The molecule has 0 bridgehead atoms. The zero-order valence-electron chi connectivity index (χ0n) is 27.9. The molecule has 1 fully saturated rings. The lowest BCUT2D eigenvalue weighted by molar-refractivity contribution is -0.145. The highest BCUT2D eigenvalue weighted by atomic mass is 28.4. The maximum atomic E-state index is 14.6. The molecule has 4 aromatic rings. The largest absolute Gasteiger partial charge is 0.482 e. The second-order valence-electron chi connectivity index (χ2n) is 13.6. The first-order chi connectivity index (χ1) is 23.6. The van der Waals surface area contributed by atoms with Crippen LogP contribution in [0.4, 0.5) is 17.1 Å². The number of fused-ring (bicyclic) bond motifs is 3. The topological polar surface area (TPSA) is 130 Å². The van der Waals surface area contributed by atoms with Crippen LogP contribution in [0.15, 0.2) is 91.6 Å². The van der Waals surface area contributed by atoms with Crippen LogP contribution in [0.2, 0.25) is 18.6 Å². The van der Waals surface area contributed by atoms with Gasteiger partial charge in [0.25, 0.3) is 11.8 Å². The van der Waals surface area contributed by atoms with E-state index in [1.165, 1.54) is 0 Å². The van der Waals surface area contributed by atoms with Gasteiger partial charge in [0.2, 0.25) is 0 Å². The van der Waals surface area contributed by atoms with Crippen molar-refractivity contribution in [2.24, 2.45) is 5.92 Å². The molecule has 7 rings (SSSR count). The average Bonchev–Trinajstić information content (AvgIpc) is 3.75. The first-order valence-electron chi connectivity index (χ1n) is 16.7. The summed E-state index contributed by atoms with van der Waals surface area (Å²) in [5.41, 5.74) is 2.54. The lowest BCUT2D eigenvalue weighted by Gasteiger charge is -2.33. The number of rotatable bonds is 10. The SMILES string of the molecule is C=CCN1C(=O)[C@@]2(O[C@@H](CCn3cc(C(CO)c4ccccc4)nn3)[C@H]([Si](C)(C)O)[C@H]2C)c2cc(N3C(=O)COc4ccccc43)ccc21. The minimum absolute atomic E-state index is 0.101. The molecule has 1 saturated heterocycles. The number of amides is 2. The molecule has 1 unspecified atom stereocenters. The van der Waals surface area contributed by atoms with Crippen molar-refractivity contribution in [2.75, 3.05) is 29.6 Å². The standard InChI is InChI=1S/C37H41N5O6Si/c1-5-18-41-30-16-15-26(42-31-13-9-10-14-32(31)47-23-34(42)44)20-28(30)37(36(41)45)24(2)35(49(3,4)46)33(48-37)17-19-40-21-29(38-39-40)27(22-43)25-11-7-6-8-12-25/h5-16,20-21,24,27,33,35,43,46H,1,17-19,22-23H2,2-4H3/t24-,27?,33+,35-,37+/m1/s1. The van der Waals surface area contributed by atoms with Crippen molar-refractivity contribution in [1.29, 1.82) is 0 Å². The summed E-state index contributed by atoms with van der Waals surface area (Å²) in [5.74, 6) is -0.506. The fourth-order valence-corrected chi connectivity index (χ4v) is 10.7. The molecule has 254 valence electrons. The summed E-state index contributed by atoms with van der Waals surface area (Å²) < 4.78 is 14.4. The number of aromatic nitrogens is 3. The molecule has 0 aliphatic carbocycles. The van der Waals surface area contributed by atoms with Crippen molar-refractivity contribution in [3.63, 3.8) is 0 Å². The molecule has 2 amide bonds. The van der Waals surface area contributed by atoms with Gasteiger partial charge in [-0.15, -0.1) is 11.7 Å². The monoisotopic (exact) mass is 679 g/mol. The highest BCUT2D eigenvalue weighted by molar-refractivity contribution is 6.71. The van der Waals surface area contributed by atoms with Crippen LogP contribution in [0.5, 0.6) is 5.75 Å². The van der Waals surface area contributed by atoms with Crippen molar-refractivity contribution >= 4 is 37.2 Å². The number of aliphatic hydroxyl groups excluding tert-OH is 1. The van der Waals surface area contributed by atoms with Gasteiger partial charge in [0.05, 0.1) is 35.7 Å². The number of nitrogens with zero attached hydrogens (tertiary/aromatic N) is 5. The number of carbonyl (C=O) groups is 2. The van der Waals surface area contributed by atoms with Gasteiger partial charge in [0, 0.05) is 42.0 Å². The van der Waals surface area contributed by atoms with E-state index in [-0.39, 0.29) is 48.9 Å². The van der Waals surface area contributed by atoms with Crippen molar-refractivity contribution in [3.8, 4) is 5.75 Å². The van der Waals surface area contributed by atoms with Gasteiger partial charge in [0.15, 0.2) is 20.5 Å². The number of para-hydroxylation sites is 2. The molecule has 0 radical (unpaired) electrons. The first-order valence-corrected chi connectivity index (χ1v) is 19.7. The maximum Gasteiger partial charge on any atom is 0.269 e. The van der Waals surface area contributed by atoms with Crippen LogP contribution in [-0.2, 0) is 26.5 Å². The van der Waals surface area contributed by atoms with Crippen molar-refractivity contribution in [2.45, 2.75) is 56.1 Å². The third kappa shape index (κ3) is 5.48. The Bertz CT molecular complexity index is 1890. The maximum absolute atomic E-state index is 14.6. The lowest BCUT2D eigenvalue weighted by atomic mass is 9.82. The Balaban J connectivity index is 1.24. The van der Waals surface area contributed by atoms with E-state index in [0.717, 1.165) is 5.56 Å². The van der Waals surface area contributed by atoms with E-state index in [0.29, 0.717) is 47.0 Å². The first kappa shape index (κ1) is 32.9. The van der Waals surface area contributed by atoms with Crippen LogP contribution in [0, 0.1) is 5.92 Å². The summed E-state index contributed by atoms with van der Waals surface area (Å²) in [7, 11) is -2.92. The average molecular weight is 680 g/mol. The molecule has 1 aromatic heterocycles. The highest BCUT2D eigenvalue weighted by Gasteiger charge is 2.66. The fraction of sp³-hybridized carbons (Fsp3) is 0.351. The van der Waals surface area contributed by atoms with E-state index >= 15 is 0 Å². The molecule has 3 aliphatic rings. The second-order valence-corrected chi connectivity index (χ2v) is 17.6. The van der Waals surface area contributed by atoms with Gasteiger partial charge >= 0.3 is 0 Å². The summed E-state index contributed by atoms with van der Waals surface area (Å²) in [6, 6.07) is 22.7. The molecule has 1 spiro atoms. The quantitative estimate of drug-likeness (QED) is 0.179. The molecular formula is C37H41N5O6Si. The zero-order chi connectivity index (χ0) is 34.5. The normalized spacial score (nSPS) is 23.8. The molecule has 49 heavy (non-hydrogen) atoms. The number of carbonyl (C=O) groups excluding carboxylic acids is 2. The summed E-state index contributed by atoms with van der Waals surface area (Å²) in [6.45, 7) is 10.2. The number of ether oxygens (including phenoxy) is 2. The second kappa shape index (κ2) is 12.7. The van der Waals surface area contributed by atoms with Crippen molar-refractivity contribution < 1.29 is 29.0 Å². The number of hydrogen-bond donors (Lipinski definition) is 2. The molecular weight excluding hydrogens is 639 g/mol. The Morgan fingerprint density at radius 2 is 1.84 bits per heavy atom. The Kier molecular flexibility index (Phi) is 8.51. The van der Waals surface area contributed by atoms with Gasteiger partial charge in [0.1, 0.15) is 5.75 Å². The molecule has 12 heteroatoms. The van der Waals surface area contributed by atoms with Crippen LogP contribution in [0.25, 0.3) is 0 Å². The summed E-state index contributed by atoms with van der Waals surface area (Å²) in [5, 5.41) is 18.9. The molecule has 0 saturated carbocycles. The van der Waals surface area contributed by atoms with Crippen LogP contribution >= 0.6 is 0 Å². The third-order valence-electron chi connectivity index (χ3n) is 10.2. The van der Waals surface area contributed by atoms with E-state index in [4.69, 9.17) is 9.47 Å². The number of aliphatic hydroxyl groups is 1. The molecule has 3 aliphatic heterocycles. The summed E-state index contributed by atoms with van der Waals surface area (Å²) in [4.78, 5) is 42.9. The molecule has 2 N–H and O–H groups in total. The minimum atomic E-state index is -2.92. The Labute approximate surface area is 286 Å². The van der Waals surface area contributed by atoms with E-state index < -0.39 is 20.0 Å². The number of hydrogen-bond acceptors (Lipinski definition) is 8. The van der Waals surface area contributed by atoms with Gasteiger partial charge in [-0.05, 0) is 55.4 Å². The number of aryl methyl sites for hydroxylation is 1. The predicted octanol–water partition coefficient (Wildman–Crippen LogP) is 4.88. The molecule has 3 aromatic carbocycles. The number of benzene rings is 3. The molecule has 4 heterocycles. The molecule has 11 nitrogen and oxygen atoms in total. The highest BCUT2D eigenvalue weighted by Crippen LogP contribution is 2.60. The van der Waals surface area contributed by atoms with Gasteiger partial charge < -0.3 is 24.3 Å². The van der Waals surface area contributed by atoms with E-state index in [1.54, 1.807) is 20.6 Å². The van der Waals surface area contributed by atoms with Crippen molar-refractivity contribution in [3.05, 3.63) is 108 Å². The van der Waals surface area contributed by atoms with Crippen LogP contribution in [-0.4, -0.2) is 70.9 Å². The van der Waals surface area contributed by atoms with Crippen LogP contribution in [0.3, 0.4) is 0 Å². The zero-order valence-corrected chi connectivity index (χ0v) is 28.9. The van der Waals surface area contributed by atoms with E-state index in [2.05, 4.69) is 16.9 Å². The third-order valence-corrected chi connectivity index (χ3v) is 12.7. The minimum Gasteiger partial charge on any atom is -0.482 e. The van der Waals surface area contributed by atoms with Gasteiger partial charge in [-0.2, -0.15) is 0 Å². The summed E-state index contributed by atoms with van der Waals surface area (Å²) in [6.07, 6.45) is 3.54. The van der Waals surface area contributed by atoms with Gasteiger partial charge in [-0.1, -0.05) is 60.7 Å². The molecule has 5 atom stereocenters. The Morgan fingerprint density at radius 3 is 2.57 bits per heavy atom. The number of anilines is 3. The Morgan fingerprint density at radius 1 is 1.08 bits per heavy atom. The van der Waals surface area contributed by atoms with Crippen molar-refractivity contribution in [1.82, 2.24) is 15.0 Å². The van der Waals surface area contributed by atoms with E-state index in [9.17, 15) is 19.5 Å². The van der Waals surface area contributed by atoms with E-state index in [1.807, 2.05) is 99.0 Å². The Hall–Kier alpha value is -4.62. The van der Waals surface area contributed by atoms with Crippen LogP contribution in [0.1, 0.15) is 36.1 Å². The fourth-order valence-electron chi connectivity index (χ4n) is 8.07.